The highest BCUT2D eigenvalue weighted by Gasteiger charge is 2.68. The van der Waals surface area contributed by atoms with Crippen LogP contribution >= 0.6 is 0 Å². The summed E-state index contributed by atoms with van der Waals surface area (Å²) >= 11 is 0. The number of rotatable bonds is 4. The van der Waals surface area contributed by atoms with Gasteiger partial charge in [0.25, 0.3) is 0 Å². The van der Waals surface area contributed by atoms with Gasteiger partial charge in [0, 0.05) is 5.41 Å². The molecule has 0 amide bonds. The van der Waals surface area contributed by atoms with Crippen molar-refractivity contribution >= 4 is 0 Å². The standard InChI is InChI=1S/C30H50O2/c1-20(2)9-8-10-21(3)22-13-17-29(6)23(22)11-12-25-27(4)16-15-26(32)28(5,19-31)24(27)14-18-30(25,29)7/h9,23-26,31-32H,8,10-19H2,1-7H3. The molecule has 2 nitrogen and oxygen atoms in total. The number of aliphatic hydroxyl groups excluding tert-OH is 2. The largest absolute Gasteiger partial charge is 0.396 e. The van der Waals surface area contributed by atoms with Gasteiger partial charge in [0.15, 0.2) is 0 Å². The molecule has 0 saturated heterocycles. The van der Waals surface area contributed by atoms with E-state index in [0.717, 1.165) is 18.8 Å². The predicted molar refractivity (Wildman–Crippen MR) is 134 cm³/mol. The molecule has 4 aliphatic carbocycles. The number of aliphatic hydroxyl groups is 2. The molecule has 4 rings (SSSR count). The topological polar surface area (TPSA) is 40.5 Å². The summed E-state index contributed by atoms with van der Waals surface area (Å²) in [6.07, 6.45) is 14.2. The molecule has 8 atom stereocenters. The third kappa shape index (κ3) is 3.33. The molecule has 0 spiro atoms. The van der Waals surface area contributed by atoms with Crippen LogP contribution in [0.2, 0.25) is 0 Å². The quantitative estimate of drug-likeness (QED) is 0.444. The first-order valence-corrected chi connectivity index (χ1v) is 13.5. The van der Waals surface area contributed by atoms with Crippen LogP contribution in [0.3, 0.4) is 0 Å². The maximum Gasteiger partial charge on any atom is 0.0618 e. The Labute approximate surface area is 198 Å². The lowest BCUT2D eigenvalue weighted by molar-refractivity contribution is -0.227. The van der Waals surface area contributed by atoms with E-state index in [-0.39, 0.29) is 23.5 Å². The first kappa shape index (κ1) is 24.5. The molecule has 4 fully saturated rings. The average Bonchev–Trinajstić information content (AvgIpc) is 3.09. The van der Waals surface area contributed by atoms with Gasteiger partial charge in [-0.15, -0.1) is 0 Å². The monoisotopic (exact) mass is 442 g/mol. The zero-order valence-electron chi connectivity index (χ0n) is 22.1. The lowest BCUT2D eigenvalue weighted by atomic mass is 9.35. The molecule has 0 aromatic carbocycles. The van der Waals surface area contributed by atoms with Gasteiger partial charge in [0.05, 0.1) is 12.7 Å². The van der Waals surface area contributed by atoms with Crippen LogP contribution in [0.1, 0.15) is 113 Å². The SMILES string of the molecule is CC(C)=CCCC(C)=C1CCC2(C)C1CCC1C3(C)CCC(O)C(C)(CO)C3CCC12C. The summed E-state index contributed by atoms with van der Waals surface area (Å²) in [5.74, 6) is 1.90. The van der Waals surface area contributed by atoms with E-state index < -0.39 is 0 Å². The first-order chi connectivity index (χ1) is 14.9. The Kier molecular flexibility index (Phi) is 6.33. The molecule has 0 radical (unpaired) electrons. The molecule has 8 unspecified atom stereocenters. The molecule has 2 N–H and O–H groups in total. The Balaban J connectivity index is 1.65. The minimum atomic E-state index is -0.355. The van der Waals surface area contributed by atoms with Crippen molar-refractivity contribution in [3.63, 3.8) is 0 Å². The Bertz CT molecular complexity index is 791. The van der Waals surface area contributed by atoms with Crippen LogP contribution in [0, 0.1) is 39.4 Å². The highest BCUT2D eigenvalue weighted by molar-refractivity contribution is 5.29. The van der Waals surface area contributed by atoms with Crippen LogP contribution in [0.15, 0.2) is 22.8 Å². The molecule has 0 heterocycles. The minimum absolute atomic E-state index is 0.121. The van der Waals surface area contributed by atoms with Crippen LogP contribution < -0.4 is 0 Å². The average molecular weight is 443 g/mol. The third-order valence-corrected chi connectivity index (χ3v) is 11.9. The molecule has 0 aliphatic heterocycles. The summed E-state index contributed by atoms with van der Waals surface area (Å²) in [7, 11) is 0. The molecule has 0 aromatic rings. The van der Waals surface area contributed by atoms with E-state index >= 15 is 0 Å². The van der Waals surface area contributed by atoms with E-state index in [2.05, 4.69) is 54.5 Å². The summed E-state index contributed by atoms with van der Waals surface area (Å²) < 4.78 is 0. The number of fused-ring (bicyclic) bond motifs is 5. The summed E-state index contributed by atoms with van der Waals surface area (Å²) in [4.78, 5) is 0. The Morgan fingerprint density at radius 1 is 0.906 bits per heavy atom. The summed E-state index contributed by atoms with van der Waals surface area (Å²) in [5.41, 5.74) is 5.57. The van der Waals surface area contributed by atoms with Crippen molar-refractivity contribution in [2.24, 2.45) is 39.4 Å². The van der Waals surface area contributed by atoms with E-state index in [1.54, 1.807) is 11.1 Å². The molecular weight excluding hydrogens is 392 g/mol. The third-order valence-electron chi connectivity index (χ3n) is 11.9. The zero-order valence-corrected chi connectivity index (χ0v) is 22.1. The second-order valence-corrected chi connectivity index (χ2v) is 13.5. The van der Waals surface area contributed by atoms with Crippen molar-refractivity contribution in [1.82, 2.24) is 0 Å². The number of allylic oxidation sites excluding steroid dienone is 4. The Hall–Kier alpha value is -0.600. The van der Waals surface area contributed by atoms with Crippen LogP contribution in [-0.4, -0.2) is 22.9 Å². The van der Waals surface area contributed by atoms with E-state index in [0.29, 0.717) is 22.7 Å². The van der Waals surface area contributed by atoms with Crippen LogP contribution in [0.4, 0.5) is 0 Å². The number of hydrogen-bond donors (Lipinski definition) is 2. The van der Waals surface area contributed by atoms with Crippen molar-refractivity contribution in [2.45, 2.75) is 119 Å². The fraction of sp³-hybridized carbons (Fsp3) is 0.867. The summed E-state index contributed by atoms with van der Waals surface area (Å²) in [6.45, 7) is 17.0. The maximum absolute atomic E-state index is 10.9. The Morgan fingerprint density at radius 2 is 1.62 bits per heavy atom. The van der Waals surface area contributed by atoms with Gasteiger partial charge in [-0.3, -0.25) is 0 Å². The van der Waals surface area contributed by atoms with Crippen molar-refractivity contribution < 1.29 is 10.2 Å². The maximum atomic E-state index is 10.9. The fourth-order valence-electron chi connectivity index (χ4n) is 9.79. The lowest BCUT2D eigenvalue weighted by Gasteiger charge is -2.69. The highest BCUT2D eigenvalue weighted by atomic mass is 16.3. The number of hydrogen-bond acceptors (Lipinski definition) is 2. The van der Waals surface area contributed by atoms with Crippen molar-refractivity contribution in [1.29, 1.82) is 0 Å². The van der Waals surface area contributed by atoms with Gasteiger partial charge in [0.2, 0.25) is 0 Å². The van der Waals surface area contributed by atoms with E-state index in [1.807, 2.05) is 0 Å². The molecule has 4 aliphatic rings. The van der Waals surface area contributed by atoms with E-state index in [9.17, 15) is 10.2 Å². The molecule has 32 heavy (non-hydrogen) atoms. The van der Waals surface area contributed by atoms with Gasteiger partial charge in [0.1, 0.15) is 0 Å². The Morgan fingerprint density at radius 3 is 2.28 bits per heavy atom. The van der Waals surface area contributed by atoms with Gasteiger partial charge >= 0.3 is 0 Å². The lowest BCUT2D eigenvalue weighted by Crippen LogP contribution is -2.64. The second-order valence-electron chi connectivity index (χ2n) is 13.5. The van der Waals surface area contributed by atoms with Crippen molar-refractivity contribution in [3.05, 3.63) is 22.8 Å². The van der Waals surface area contributed by atoms with Crippen molar-refractivity contribution in [3.8, 4) is 0 Å². The second kappa shape index (κ2) is 8.26. The molecule has 4 saturated carbocycles. The highest BCUT2D eigenvalue weighted by Crippen LogP contribution is 2.75. The van der Waals surface area contributed by atoms with Gasteiger partial charge in [-0.05, 0) is 119 Å². The smallest absolute Gasteiger partial charge is 0.0618 e. The predicted octanol–water partition coefficient (Wildman–Crippen LogP) is 7.45. The summed E-state index contributed by atoms with van der Waals surface area (Å²) in [6, 6.07) is 0. The molecule has 0 bridgehead atoms. The van der Waals surface area contributed by atoms with Gasteiger partial charge in [-0.1, -0.05) is 50.5 Å². The van der Waals surface area contributed by atoms with Crippen LogP contribution in [-0.2, 0) is 0 Å². The fourth-order valence-corrected chi connectivity index (χ4v) is 9.79. The van der Waals surface area contributed by atoms with Gasteiger partial charge in [-0.2, -0.15) is 0 Å². The minimum Gasteiger partial charge on any atom is -0.396 e. The van der Waals surface area contributed by atoms with E-state index in [4.69, 9.17) is 0 Å². The normalized spacial score (nSPS) is 49.7. The van der Waals surface area contributed by atoms with Crippen LogP contribution in [0.25, 0.3) is 0 Å². The summed E-state index contributed by atoms with van der Waals surface area (Å²) in [5, 5.41) is 21.2. The molecular formula is C30H50O2. The van der Waals surface area contributed by atoms with Gasteiger partial charge < -0.3 is 10.2 Å². The molecule has 2 heteroatoms. The van der Waals surface area contributed by atoms with Gasteiger partial charge in [-0.25, -0.2) is 0 Å². The molecule has 0 aromatic heterocycles. The molecule has 182 valence electrons. The zero-order chi connectivity index (χ0) is 23.5. The van der Waals surface area contributed by atoms with E-state index in [1.165, 1.54) is 56.9 Å². The first-order valence-electron chi connectivity index (χ1n) is 13.5. The van der Waals surface area contributed by atoms with Crippen molar-refractivity contribution in [2.75, 3.05) is 6.61 Å². The van der Waals surface area contributed by atoms with Crippen LogP contribution in [0.5, 0.6) is 0 Å².